The molecule has 0 amide bonds. The molecular formula is C20H19FO8. The highest BCUT2D eigenvalue weighted by molar-refractivity contribution is 6.22. The number of fused-ring (bicyclic) bond motifs is 1. The third kappa shape index (κ3) is 4.50. The molecule has 2 rings (SSSR count). The van der Waals surface area contributed by atoms with E-state index in [1.165, 1.54) is 0 Å². The second-order valence-corrected chi connectivity index (χ2v) is 6.44. The summed E-state index contributed by atoms with van der Waals surface area (Å²) < 4.78 is 12.2. The average molecular weight is 406 g/mol. The monoisotopic (exact) mass is 406 g/mol. The van der Waals surface area contributed by atoms with Crippen LogP contribution in [0, 0.1) is 0 Å². The topological polar surface area (TPSA) is 149 Å². The zero-order valence-corrected chi connectivity index (χ0v) is 15.3. The van der Waals surface area contributed by atoms with Gasteiger partial charge < -0.3 is 20.4 Å². The van der Waals surface area contributed by atoms with E-state index in [1.54, 1.807) is 0 Å². The fourth-order valence-electron chi connectivity index (χ4n) is 3.35. The molecule has 0 aliphatic heterocycles. The molecule has 0 heterocycles. The summed E-state index contributed by atoms with van der Waals surface area (Å²) >= 11 is 0. The lowest BCUT2D eigenvalue weighted by molar-refractivity contribution is 0.0674. The van der Waals surface area contributed by atoms with Crippen molar-refractivity contribution >= 4 is 34.6 Å². The van der Waals surface area contributed by atoms with Crippen molar-refractivity contribution in [1.82, 2.24) is 0 Å². The lowest BCUT2D eigenvalue weighted by Crippen LogP contribution is -2.14. The van der Waals surface area contributed by atoms with E-state index in [9.17, 15) is 44.0 Å². The van der Waals surface area contributed by atoms with Crippen molar-refractivity contribution in [2.75, 3.05) is 6.67 Å². The molecule has 0 aromatic heterocycles. The Morgan fingerprint density at radius 3 is 1.69 bits per heavy atom. The Morgan fingerprint density at radius 2 is 1.21 bits per heavy atom. The summed E-state index contributed by atoms with van der Waals surface area (Å²) in [6, 6.07) is 2.99. The Hall–Kier alpha value is -3.49. The van der Waals surface area contributed by atoms with E-state index in [0.29, 0.717) is 25.7 Å². The van der Waals surface area contributed by atoms with Gasteiger partial charge in [-0.05, 0) is 43.0 Å². The molecule has 154 valence electrons. The van der Waals surface area contributed by atoms with Gasteiger partial charge in [0.05, 0.1) is 28.9 Å². The molecule has 0 saturated heterocycles. The zero-order chi connectivity index (χ0) is 21.7. The third-order valence-corrected chi connectivity index (χ3v) is 4.60. The minimum absolute atomic E-state index is 0.0905. The van der Waals surface area contributed by atoms with Gasteiger partial charge in [0.15, 0.2) is 0 Å². The Balaban J connectivity index is 2.85. The van der Waals surface area contributed by atoms with Crippen molar-refractivity contribution in [2.24, 2.45) is 0 Å². The largest absolute Gasteiger partial charge is 0.478 e. The van der Waals surface area contributed by atoms with E-state index in [4.69, 9.17) is 0 Å². The minimum Gasteiger partial charge on any atom is -0.478 e. The molecule has 29 heavy (non-hydrogen) atoms. The zero-order valence-electron chi connectivity index (χ0n) is 15.3. The standard InChI is InChI=1S/C20H19FO8/c21-8-4-2-1-3-5-10-9-13(19(26)27)15-11(17(22)23)6-7-12(18(24)25)16(15)14(10)20(28)29/h6-7,9H,1-5,8H2,(H,22,23)(H,24,25)(H,26,27)(H,28,29). The number of alkyl halides is 1. The number of halogens is 1. The Bertz CT molecular complexity index is 996. The van der Waals surface area contributed by atoms with Crippen LogP contribution in [-0.4, -0.2) is 51.0 Å². The van der Waals surface area contributed by atoms with Crippen LogP contribution in [0.1, 0.15) is 72.7 Å². The predicted molar refractivity (Wildman–Crippen MR) is 99.9 cm³/mol. The summed E-state index contributed by atoms with van der Waals surface area (Å²) in [7, 11) is 0. The number of carbonyl (C=O) groups is 4. The van der Waals surface area contributed by atoms with Gasteiger partial charge in [-0.2, -0.15) is 0 Å². The predicted octanol–water partition coefficient (Wildman–Crippen LogP) is 3.71. The molecule has 0 aliphatic carbocycles. The van der Waals surface area contributed by atoms with Gasteiger partial charge in [0.1, 0.15) is 0 Å². The maximum Gasteiger partial charge on any atom is 0.336 e. The quantitative estimate of drug-likeness (QED) is 0.436. The number of carboxylic acid groups (broad SMARTS) is 4. The lowest BCUT2D eigenvalue weighted by atomic mass is 9.87. The minimum atomic E-state index is -1.51. The second kappa shape index (κ2) is 9.13. The van der Waals surface area contributed by atoms with Crippen LogP contribution in [0.3, 0.4) is 0 Å². The molecule has 9 heteroatoms. The second-order valence-electron chi connectivity index (χ2n) is 6.44. The fraction of sp³-hybridized carbons (Fsp3) is 0.300. The van der Waals surface area contributed by atoms with Crippen molar-refractivity contribution < 1.29 is 44.0 Å². The number of hydrogen-bond donors (Lipinski definition) is 4. The van der Waals surface area contributed by atoms with E-state index >= 15 is 0 Å². The number of rotatable bonds is 10. The van der Waals surface area contributed by atoms with E-state index in [0.717, 1.165) is 18.2 Å². The van der Waals surface area contributed by atoms with Crippen LogP contribution in [0.25, 0.3) is 10.8 Å². The lowest BCUT2D eigenvalue weighted by Gasteiger charge is -2.16. The van der Waals surface area contributed by atoms with Crippen molar-refractivity contribution in [1.29, 1.82) is 0 Å². The number of hydrogen-bond acceptors (Lipinski definition) is 4. The van der Waals surface area contributed by atoms with Crippen molar-refractivity contribution in [2.45, 2.75) is 32.1 Å². The summed E-state index contributed by atoms with van der Waals surface area (Å²) in [6.07, 6.45) is 2.06. The molecule has 0 radical (unpaired) electrons. The van der Waals surface area contributed by atoms with Gasteiger partial charge in [-0.1, -0.05) is 12.8 Å². The van der Waals surface area contributed by atoms with Gasteiger partial charge in [0.25, 0.3) is 0 Å². The highest BCUT2D eigenvalue weighted by atomic mass is 19.1. The summed E-state index contributed by atoms with van der Waals surface area (Å²) in [5, 5.41) is 37.4. The summed E-state index contributed by atoms with van der Waals surface area (Å²) in [5.41, 5.74) is -1.82. The van der Waals surface area contributed by atoms with E-state index < -0.39 is 63.6 Å². The molecule has 0 spiro atoms. The summed E-state index contributed by atoms with van der Waals surface area (Å²) in [4.78, 5) is 47.0. The molecule has 0 atom stereocenters. The van der Waals surface area contributed by atoms with Gasteiger partial charge in [0.2, 0.25) is 0 Å². The van der Waals surface area contributed by atoms with Gasteiger partial charge in [0, 0.05) is 10.8 Å². The first kappa shape index (κ1) is 21.8. The SMILES string of the molecule is O=C(O)c1ccc(C(=O)O)c2c(C(=O)O)c(CCCCCCF)cc(C(=O)O)c12. The van der Waals surface area contributed by atoms with Crippen molar-refractivity contribution in [3.05, 3.63) is 46.0 Å². The number of carboxylic acids is 4. The Morgan fingerprint density at radius 1 is 0.690 bits per heavy atom. The first-order valence-electron chi connectivity index (χ1n) is 8.82. The third-order valence-electron chi connectivity index (χ3n) is 4.60. The molecule has 4 N–H and O–H groups in total. The van der Waals surface area contributed by atoms with Crippen LogP contribution >= 0.6 is 0 Å². The van der Waals surface area contributed by atoms with E-state index in [-0.39, 0.29) is 12.0 Å². The Kier molecular flexibility index (Phi) is 6.87. The van der Waals surface area contributed by atoms with Gasteiger partial charge in [-0.25, -0.2) is 19.2 Å². The van der Waals surface area contributed by atoms with Gasteiger partial charge >= 0.3 is 23.9 Å². The number of unbranched alkanes of at least 4 members (excludes halogenated alkanes) is 3. The fourth-order valence-corrected chi connectivity index (χ4v) is 3.35. The molecule has 2 aromatic carbocycles. The molecule has 0 aliphatic rings. The first-order valence-corrected chi connectivity index (χ1v) is 8.82. The molecule has 8 nitrogen and oxygen atoms in total. The molecular weight excluding hydrogens is 387 g/mol. The highest BCUT2D eigenvalue weighted by Gasteiger charge is 2.27. The summed E-state index contributed by atoms with van der Waals surface area (Å²) in [6.45, 7) is -0.473. The maximum absolute atomic E-state index is 12.2. The van der Waals surface area contributed by atoms with E-state index in [2.05, 4.69) is 0 Å². The van der Waals surface area contributed by atoms with Crippen LogP contribution in [0.5, 0.6) is 0 Å². The van der Waals surface area contributed by atoms with Crippen LogP contribution in [0.4, 0.5) is 4.39 Å². The average Bonchev–Trinajstić information content (AvgIpc) is 2.65. The molecule has 0 unspecified atom stereocenters. The van der Waals surface area contributed by atoms with Crippen molar-refractivity contribution in [3.8, 4) is 0 Å². The highest BCUT2D eigenvalue weighted by Crippen LogP contribution is 2.33. The molecule has 0 bridgehead atoms. The number of aromatic carboxylic acids is 4. The van der Waals surface area contributed by atoms with Gasteiger partial charge in [-0.15, -0.1) is 0 Å². The normalized spacial score (nSPS) is 10.8. The van der Waals surface area contributed by atoms with Crippen LogP contribution < -0.4 is 0 Å². The number of aryl methyl sites for hydroxylation is 1. The smallest absolute Gasteiger partial charge is 0.336 e. The van der Waals surface area contributed by atoms with Crippen LogP contribution in [0.15, 0.2) is 18.2 Å². The maximum atomic E-state index is 12.2. The molecule has 0 fully saturated rings. The van der Waals surface area contributed by atoms with Crippen LogP contribution in [0.2, 0.25) is 0 Å². The molecule has 2 aromatic rings. The van der Waals surface area contributed by atoms with Gasteiger partial charge in [-0.3, -0.25) is 4.39 Å². The number of benzene rings is 2. The van der Waals surface area contributed by atoms with Crippen LogP contribution in [-0.2, 0) is 6.42 Å². The summed E-state index contributed by atoms with van der Waals surface area (Å²) in [5.74, 6) is -6.01. The van der Waals surface area contributed by atoms with E-state index in [1.807, 2.05) is 0 Å². The Labute approximate surface area is 164 Å². The molecule has 0 saturated carbocycles. The first-order chi connectivity index (χ1) is 13.7. The van der Waals surface area contributed by atoms with Crippen molar-refractivity contribution in [3.63, 3.8) is 0 Å².